The molecule has 0 aliphatic carbocycles. The molecule has 0 spiro atoms. The number of hydrogen-bond acceptors (Lipinski definition) is 4. The zero-order valence-corrected chi connectivity index (χ0v) is 10.5. The van der Waals surface area contributed by atoms with Crippen molar-refractivity contribution in [1.82, 2.24) is 9.96 Å². The Hall–Kier alpha value is -1.24. The number of nitrogens with one attached hydrogen (secondary N) is 2. The lowest BCUT2D eigenvalue weighted by atomic mass is 10.9. The fourth-order valence-corrected chi connectivity index (χ4v) is 2.10. The van der Waals surface area contributed by atoms with Crippen LogP contribution in [0.15, 0.2) is 0 Å². The normalized spacial score (nSPS) is 10.4. The standard InChI is InChI=1S/C8H18N2O4Si/c1-5-13-7(11)9-15(3,4)10-8(12)14-6-2/h5-6H2,1-4H3,(H,9,11)(H,10,12). The summed E-state index contributed by atoms with van der Waals surface area (Å²) in [5, 5.41) is 0. The van der Waals surface area contributed by atoms with E-state index in [1.807, 2.05) is 0 Å². The first kappa shape index (κ1) is 13.8. The Bertz CT molecular complexity index is 211. The Morgan fingerprint density at radius 2 is 1.33 bits per heavy atom. The first-order valence-corrected chi connectivity index (χ1v) is 7.81. The third-order valence-electron chi connectivity index (χ3n) is 1.38. The van der Waals surface area contributed by atoms with Crippen molar-refractivity contribution in [2.24, 2.45) is 0 Å². The number of carbonyl (C=O) groups excluding carboxylic acids is 2. The van der Waals surface area contributed by atoms with Crippen molar-refractivity contribution in [3.63, 3.8) is 0 Å². The van der Waals surface area contributed by atoms with Gasteiger partial charge in [0.2, 0.25) is 0 Å². The van der Waals surface area contributed by atoms with Crippen molar-refractivity contribution in [2.45, 2.75) is 26.9 Å². The summed E-state index contributed by atoms with van der Waals surface area (Å²) in [6, 6.07) is 0. The van der Waals surface area contributed by atoms with E-state index in [1.54, 1.807) is 26.9 Å². The highest BCUT2D eigenvalue weighted by Gasteiger charge is 2.27. The maximum Gasteiger partial charge on any atom is 0.400 e. The molecule has 0 saturated heterocycles. The zero-order valence-electron chi connectivity index (χ0n) is 9.55. The Kier molecular flexibility index (Phi) is 5.76. The molecule has 6 nitrogen and oxygen atoms in total. The topological polar surface area (TPSA) is 76.7 Å². The Morgan fingerprint density at radius 3 is 1.60 bits per heavy atom. The van der Waals surface area contributed by atoms with Gasteiger partial charge in [-0.05, 0) is 26.9 Å². The van der Waals surface area contributed by atoms with Gasteiger partial charge in [-0.1, -0.05) is 0 Å². The van der Waals surface area contributed by atoms with E-state index in [4.69, 9.17) is 9.47 Å². The van der Waals surface area contributed by atoms with Gasteiger partial charge in [0.25, 0.3) is 8.40 Å². The quantitative estimate of drug-likeness (QED) is 0.716. The predicted molar refractivity (Wildman–Crippen MR) is 57.8 cm³/mol. The van der Waals surface area contributed by atoms with Crippen LogP contribution < -0.4 is 9.96 Å². The molecule has 15 heavy (non-hydrogen) atoms. The molecule has 0 fully saturated rings. The van der Waals surface area contributed by atoms with Gasteiger partial charge in [0.05, 0.1) is 13.2 Å². The number of rotatable bonds is 4. The molecule has 2 amide bonds. The van der Waals surface area contributed by atoms with Crippen LogP contribution in [-0.4, -0.2) is 33.8 Å². The van der Waals surface area contributed by atoms with E-state index >= 15 is 0 Å². The van der Waals surface area contributed by atoms with Gasteiger partial charge in [0.15, 0.2) is 0 Å². The minimum absolute atomic E-state index is 0.301. The molecular formula is C8H18N2O4Si. The molecule has 0 bridgehead atoms. The lowest BCUT2D eigenvalue weighted by Gasteiger charge is -2.23. The van der Waals surface area contributed by atoms with Gasteiger partial charge in [-0.15, -0.1) is 0 Å². The van der Waals surface area contributed by atoms with Crippen LogP contribution in [0, 0.1) is 0 Å². The lowest BCUT2D eigenvalue weighted by Crippen LogP contribution is -2.61. The average Bonchev–Trinajstić information content (AvgIpc) is 2.01. The molecule has 2 N–H and O–H groups in total. The summed E-state index contributed by atoms with van der Waals surface area (Å²) >= 11 is 0. The van der Waals surface area contributed by atoms with E-state index in [0.29, 0.717) is 13.2 Å². The highest BCUT2D eigenvalue weighted by Crippen LogP contribution is 1.94. The van der Waals surface area contributed by atoms with Crippen molar-refractivity contribution in [3.8, 4) is 0 Å². The van der Waals surface area contributed by atoms with Gasteiger partial charge in [0, 0.05) is 0 Å². The van der Waals surface area contributed by atoms with Crippen molar-refractivity contribution < 1.29 is 19.1 Å². The summed E-state index contributed by atoms with van der Waals surface area (Å²) in [6.45, 7) is 7.56. The molecule has 0 radical (unpaired) electrons. The van der Waals surface area contributed by atoms with E-state index in [2.05, 4.69) is 9.96 Å². The maximum absolute atomic E-state index is 11.1. The summed E-state index contributed by atoms with van der Waals surface area (Å²) in [5.41, 5.74) is 0. The average molecular weight is 234 g/mol. The molecule has 0 heterocycles. The van der Waals surface area contributed by atoms with Crippen LogP contribution in [0.2, 0.25) is 13.1 Å². The van der Waals surface area contributed by atoms with Crippen LogP contribution in [0.4, 0.5) is 9.59 Å². The third-order valence-corrected chi connectivity index (χ3v) is 3.04. The van der Waals surface area contributed by atoms with Gasteiger partial charge < -0.3 is 19.4 Å². The first-order valence-electron chi connectivity index (χ1n) is 4.81. The van der Waals surface area contributed by atoms with Crippen LogP contribution in [-0.2, 0) is 9.47 Å². The molecule has 0 saturated carbocycles. The molecule has 0 aliphatic heterocycles. The largest absolute Gasteiger partial charge is 0.450 e. The highest BCUT2D eigenvalue weighted by atomic mass is 28.3. The molecule has 0 aromatic heterocycles. The summed E-state index contributed by atoms with van der Waals surface area (Å²) < 4.78 is 9.42. The van der Waals surface area contributed by atoms with Crippen molar-refractivity contribution in [2.75, 3.05) is 13.2 Å². The molecule has 0 atom stereocenters. The highest BCUT2D eigenvalue weighted by molar-refractivity contribution is 6.76. The monoisotopic (exact) mass is 234 g/mol. The van der Waals surface area contributed by atoms with E-state index in [1.165, 1.54) is 0 Å². The summed E-state index contributed by atoms with van der Waals surface area (Å²) in [6.07, 6.45) is -1.04. The first-order chi connectivity index (χ1) is 6.91. The van der Waals surface area contributed by atoms with E-state index < -0.39 is 20.6 Å². The minimum atomic E-state index is -2.35. The Balaban J connectivity index is 4.05. The maximum atomic E-state index is 11.1. The third kappa shape index (κ3) is 6.78. The minimum Gasteiger partial charge on any atom is -0.450 e. The van der Waals surface area contributed by atoms with Crippen LogP contribution in [0.5, 0.6) is 0 Å². The summed E-state index contributed by atoms with van der Waals surface area (Å²) in [7, 11) is -2.35. The molecule has 7 heteroatoms. The molecule has 0 unspecified atom stereocenters. The second-order valence-corrected chi connectivity index (χ2v) is 7.07. The fourth-order valence-electron chi connectivity index (χ4n) is 0.876. The lowest BCUT2D eigenvalue weighted by molar-refractivity contribution is 0.155. The zero-order chi connectivity index (χ0) is 11.9. The van der Waals surface area contributed by atoms with Crippen LogP contribution in [0.3, 0.4) is 0 Å². The number of hydrogen-bond donors (Lipinski definition) is 2. The van der Waals surface area contributed by atoms with E-state index in [0.717, 1.165) is 0 Å². The fraction of sp³-hybridized carbons (Fsp3) is 0.750. The molecule has 0 aromatic rings. The smallest absolute Gasteiger partial charge is 0.400 e. The van der Waals surface area contributed by atoms with Gasteiger partial charge in [0.1, 0.15) is 0 Å². The second-order valence-electron chi connectivity index (χ2n) is 3.32. The van der Waals surface area contributed by atoms with Crippen molar-refractivity contribution in [1.29, 1.82) is 0 Å². The van der Waals surface area contributed by atoms with Crippen molar-refractivity contribution >= 4 is 20.6 Å². The summed E-state index contributed by atoms with van der Waals surface area (Å²) in [5.74, 6) is 0. The van der Waals surface area contributed by atoms with Crippen LogP contribution in [0.1, 0.15) is 13.8 Å². The number of amides is 2. The predicted octanol–water partition coefficient (Wildman–Crippen LogP) is 1.18. The molecule has 0 rings (SSSR count). The SMILES string of the molecule is CCOC(=O)N[Si](C)(C)NC(=O)OCC. The van der Waals surface area contributed by atoms with Crippen LogP contribution in [0.25, 0.3) is 0 Å². The van der Waals surface area contributed by atoms with E-state index in [9.17, 15) is 9.59 Å². The van der Waals surface area contributed by atoms with Gasteiger partial charge in [-0.25, -0.2) is 9.59 Å². The molecule has 88 valence electrons. The Morgan fingerprint density at radius 1 is 1.00 bits per heavy atom. The Labute approximate surface area is 90.5 Å². The second kappa shape index (κ2) is 6.28. The molecular weight excluding hydrogens is 216 g/mol. The van der Waals surface area contributed by atoms with Gasteiger partial charge in [-0.3, -0.25) is 0 Å². The number of ether oxygens (including phenoxy) is 2. The molecule has 0 aromatic carbocycles. The van der Waals surface area contributed by atoms with E-state index in [-0.39, 0.29) is 0 Å². The number of carbonyl (C=O) groups is 2. The molecule has 0 aliphatic rings. The van der Waals surface area contributed by atoms with Gasteiger partial charge in [-0.2, -0.15) is 0 Å². The van der Waals surface area contributed by atoms with Crippen molar-refractivity contribution in [3.05, 3.63) is 0 Å². The summed E-state index contributed by atoms with van der Waals surface area (Å²) in [4.78, 5) is 27.4. The van der Waals surface area contributed by atoms with Crippen LogP contribution >= 0.6 is 0 Å². The van der Waals surface area contributed by atoms with Gasteiger partial charge >= 0.3 is 12.2 Å².